The molecule has 0 radical (unpaired) electrons. The fraction of sp³-hybridized carbons (Fsp3) is 0.182. The van der Waals surface area contributed by atoms with Gasteiger partial charge in [-0.15, -0.1) is 0 Å². The summed E-state index contributed by atoms with van der Waals surface area (Å²) in [7, 11) is 0. The maximum absolute atomic E-state index is 2.36. The van der Waals surface area contributed by atoms with E-state index in [1.165, 1.54) is 78.4 Å². The van der Waals surface area contributed by atoms with E-state index in [2.05, 4.69) is 187 Å². The van der Waals surface area contributed by atoms with Gasteiger partial charge in [0.25, 0.3) is 0 Å². The van der Waals surface area contributed by atoms with E-state index in [4.69, 9.17) is 0 Å². The highest BCUT2D eigenvalue weighted by Crippen LogP contribution is 2.39. The second kappa shape index (κ2) is 12.7. The first-order chi connectivity index (χ1) is 22.1. The summed E-state index contributed by atoms with van der Waals surface area (Å²) in [5, 5.41) is 0. The number of hydrogen-bond acceptors (Lipinski definition) is 2. The van der Waals surface area contributed by atoms with Crippen LogP contribution >= 0.6 is 0 Å². The summed E-state index contributed by atoms with van der Waals surface area (Å²) < 4.78 is 0. The predicted molar refractivity (Wildman–Crippen MR) is 199 cm³/mol. The molecule has 6 rings (SSSR count). The van der Waals surface area contributed by atoms with Gasteiger partial charge in [-0.3, -0.25) is 0 Å². The van der Waals surface area contributed by atoms with Crippen molar-refractivity contribution in [1.29, 1.82) is 0 Å². The summed E-state index contributed by atoms with van der Waals surface area (Å²) in [4.78, 5) is 4.72. The highest BCUT2D eigenvalue weighted by atomic mass is 15.1. The zero-order valence-electron chi connectivity index (χ0n) is 28.4. The van der Waals surface area contributed by atoms with Crippen LogP contribution in [-0.4, -0.2) is 0 Å². The van der Waals surface area contributed by atoms with Gasteiger partial charge in [-0.25, -0.2) is 0 Å². The molecule has 46 heavy (non-hydrogen) atoms. The largest absolute Gasteiger partial charge is 0.310 e. The Kier molecular flexibility index (Phi) is 8.56. The minimum Gasteiger partial charge on any atom is -0.310 e. The van der Waals surface area contributed by atoms with E-state index in [0.717, 1.165) is 11.4 Å². The van der Waals surface area contributed by atoms with Gasteiger partial charge in [-0.1, -0.05) is 48.5 Å². The number of aryl methyl sites for hydroxylation is 8. The summed E-state index contributed by atoms with van der Waals surface area (Å²) in [6.45, 7) is 17.4. The standard InChI is InChI=1S/C44H44N2/c1-29-9-17-41(25-33(29)5)45(42-18-10-30(2)34(6)26-42)39-21-13-37(14-22-39)38-15-23-40(24-16-38)46(43-19-11-31(3)35(7)27-43)44-20-12-32(4)36(8)28-44/h9-28H,1-8H3. The van der Waals surface area contributed by atoms with Crippen molar-refractivity contribution < 1.29 is 0 Å². The van der Waals surface area contributed by atoms with Crippen LogP contribution in [-0.2, 0) is 0 Å². The van der Waals surface area contributed by atoms with E-state index in [1.54, 1.807) is 0 Å². The first-order valence-electron chi connectivity index (χ1n) is 16.2. The molecule has 0 aliphatic carbocycles. The van der Waals surface area contributed by atoms with E-state index in [1.807, 2.05) is 0 Å². The van der Waals surface area contributed by atoms with E-state index in [-0.39, 0.29) is 0 Å². The molecule has 0 N–H and O–H groups in total. The van der Waals surface area contributed by atoms with E-state index in [0.29, 0.717) is 0 Å². The third-order valence-corrected chi connectivity index (χ3v) is 9.58. The molecular weight excluding hydrogens is 556 g/mol. The molecule has 6 aromatic carbocycles. The lowest BCUT2D eigenvalue weighted by molar-refractivity contribution is 1.23. The normalized spacial score (nSPS) is 11.0. The Labute approximate surface area is 275 Å². The molecule has 0 aliphatic heterocycles. The van der Waals surface area contributed by atoms with Gasteiger partial charge in [-0.2, -0.15) is 0 Å². The molecule has 0 fully saturated rings. The van der Waals surface area contributed by atoms with Crippen molar-refractivity contribution in [2.24, 2.45) is 0 Å². The Morgan fingerprint density at radius 1 is 0.239 bits per heavy atom. The number of anilines is 6. The van der Waals surface area contributed by atoms with Crippen LogP contribution in [0.4, 0.5) is 34.1 Å². The molecular formula is C44H44N2. The summed E-state index contributed by atoms with van der Waals surface area (Å²) in [5.41, 5.74) is 19.7. The van der Waals surface area contributed by atoms with Crippen LogP contribution in [0.5, 0.6) is 0 Å². The third kappa shape index (κ3) is 6.21. The Morgan fingerprint density at radius 3 is 0.674 bits per heavy atom. The average molecular weight is 601 g/mol. The first-order valence-corrected chi connectivity index (χ1v) is 16.2. The van der Waals surface area contributed by atoms with Gasteiger partial charge in [0.1, 0.15) is 0 Å². The van der Waals surface area contributed by atoms with Crippen LogP contribution in [0.25, 0.3) is 11.1 Å². The van der Waals surface area contributed by atoms with Gasteiger partial charge in [-0.05, 0) is 184 Å². The molecule has 0 amide bonds. The van der Waals surface area contributed by atoms with Crippen molar-refractivity contribution in [1.82, 2.24) is 0 Å². The van der Waals surface area contributed by atoms with Crippen LogP contribution in [0.1, 0.15) is 44.5 Å². The Morgan fingerprint density at radius 2 is 0.457 bits per heavy atom. The number of benzene rings is 6. The smallest absolute Gasteiger partial charge is 0.0464 e. The van der Waals surface area contributed by atoms with Crippen molar-refractivity contribution in [3.8, 4) is 11.1 Å². The van der Waals surface area contributed by atoms with Crippen LogP contribution in [0, 0.1) is 55.4 Å². The van der Waals surface area contributed by atoms with Crippen LogP contribution in [0.2, 0.25) is 0 Å². The molecule has 0 bridgehead atoms. The monoisotopic (exact) mass is 600 g/mol. The molecule has 2 nitrogen and oxygen atoms in total. The van der Waals surface area contributed by atoms with Crippen LogP contribution in [0.15, 0.2) is 121 Å². The first kappa shape index (κ1) is 30.9. The highest BCUT2D eigenvalue weighted by molar-refractivity contribution is 5.81. The summed E-state index contributed by atoms with van der Waals surface area (Å²) in [6, 6.07) is 44.8. The molecule has 0 aromatic heterocycles. The predicted octanol–water partition coefficient (Wildman–Crippen LogP) is 12.8. The number of rotatable bonds is 7. The zero-order chi connectivity index (χ0) is 32.5. The quantitative estimate of drug-likeness (QED) is 0.180. The van der Waals surface area contributed by atoms with Gasteiger partial charge in [0.15, 0.2) is 0 Å². The average Bonchev–Trinajstić information content (AvgIpc) is 3.05. The molecule has 0 spiro atoms. The van der Waals surface area contributed by atoms with Gasteiger partial charge in [0.05, 0.1) is 0 Å². The molecule has 6 aromatic rings. The van der Waals surface area contributed by atoms with E-state index < -0.39 is 0 Å². The maximum atomic E-state index is 2.36. The molecule has 2 heteroatoms. The summed E-state index contributed by atoms with van der Waals surface area (Å²) in [5.74, 6) is 0. The molecule has 0 saturated heterocycles. The van der Waals surface area contributed by atoms with Crippen molar-refractivity contribution in [3.05, 3.63) is 166 Å². The lowest BCUT2D eigenvalue weighted by Gasteiger charge is -2.27. The maximum Gasteiger partial charge on any atom is 0.0464 e. The van der Waals surface area contributed by atoms with Crippen molar-refractivity contribution in [2.45, 2.75) is 55.4 Å². The van der Waals surface area contributed by atoms with Gasteiger partial charge in [0, 0.05) is 34.1 Å². The lowest BCUT2D eigenvalue weighted by atomic mass is 10.0. The van der Waals surface area contributed by atoms with Gasteiger partial charge in [0.2, 0.25) is 0 Å². The topological polar surface area (TPSA) is 6.48 Å². The number of nitrogens with zero attached hydrogens (tertiary/aromatic N) is 2. The Hall–Kier alpha value is -5.08. The van der Waals surface area contributed by atoms with Crippen LogP contribution < -0.4 is 9.80 Å². The lowest BCUT2D eigenvalue weighted by Crippen LogP contribution is -2.11. The fourth-order valence-electron chi connectivity index (χ4n) is 5.96. The van der Waals surface area contributed by atoms with Gasteiger partial charge >= 0.3 is 0 Å². The Balaban J connectivity index is 1.35. The SMILES string of the molecule is Cc1ccc(N(c2ccc(-c3ccc(N(c4ccc(C)c(C)c4)c4ccc(C)c(C)c4)cc3)cc2)c2ccc(C)c(C)c2)cc1C. The minimum absolute atomic E-state index is 1.14. The molecule has 230 valence electrons. The van der Waals surface area contributed by atoms with Gasteiger partial charge < -0.3 is 9.80 Å². The zero-order valence-corrected chi connectivity index (χ0v) is 28.4. The molecule has 0 atom stereocenters. The molecule has 0 aliphatic rings. The summed E-state index contributed by atoms with van der Waals surface area (Å²) in [6.07, 6.45) is 0. The molecule has 0 heterocycles. The molecule has 0 saturated carbocycles. The van der Waals surface area contributed by atoms with Crippen molar-refractivity contribution in [3.63, 3.8) is 0 Å². The molecule has 0 unspecified atom stereocenters. The van der Waals surface area contributed by atoms with E-state index >= 15 is 0 Å². The fourth-order valence-corrected chi connectivity index (χ4v) is 5.96. The minimum atomic E-state index is 1.14. The number of hydrogen-bond donors (Lipinski definition) is 0. The van der Waals surface area contributed by atoms with E-state index in [9.17, 15) is 0 Å². The van der Waals surface area contributed by atoms with Crippen LogP contribution in [0.3, 0.4) is 0 Å². The second-order valence-electron chi connectivity index (χ2n) is 12.8. The van der Waals surface area contributed by atoms with Crippen molar-refractivity contribution >= 4 is 34.1 Å². The third-order valence-electron chi connectivity index (χ3n) is 9.58. The Bertz CT molecular complexity index is 1760. The second-order valence-corrected chi connectivity index (χ2v) is 12.8. The summed E-state index contributed by atoms with van der Waals surface area (Å²) >= 11 is 0. The van der Waals surface area contributed by atoms with Crippen molar-refractivity contribution in [2.75, 3.05) is 9.80 Å². The highest BCUT2D eigenvalue weighted by Gasteiger charge is 2.16.